The van der Waals surface area contributed by atoms with Gasteiger partial charge in [-0.3, -0.25) is 0 Å². The third-order valence-corrected chi connectivity index (χ3v) is 7.03. The second-order valence-electron chi connectivity index (χ2n) is 10.2. The first-order valence-corrected chi connectivity index (χ1v) is 14.1. The van der Waals surface area contributed by atoms with Gasteiger partial charge >= 0.3 is 0 Å². The third-order valence-electron chi connectivity index (χ3n) is 7.03. The second-order valence-corrected chi connectivity index (χ2v) is 10.2. The van der Waals surface area contributed by atoms with E-state index < -0.39 is 0 Å². The van der Waals surface area contributed by atoms with Crippen molar-refractivity contribution in [3.8, 4) is 0 Å². The highest BCUT2D eigenvalue weighted by molar-refractivity contribution is 6.14. The van der Waals surface area contributed by atoms with E-state index in [2.05, 4.69) is 76.7 Å². The van der Waals surface area contributed by atoms with E-state index in [0.29, 0.717) is 0 Å². The molecule has 188 valence electrons. The number of nitrogens with one attached hydrogen (secondary N) is 1. The van der Waals surface area contributed by atoms with Crippen LogP contribution in [0.3, 0.4) is 0 Å². The Labute approximate surface area is 214 Å². The van der Waals surface area contributed by atoms with Crippen molar-refractivity contribution >= 4 is 11.4 Å². The van der Waals surface area contributed by atoms with Crippen LogP contribution in [0, 0.1) is 0 Å². The Morgan fingerprint density at radius 1 is 0.600 bits per heavy atom. The Morgan fingerprint density at radius 3 is 1.34 bits per heavy atom. The zero-order valence-electron chi connectivity index (χ0n) is 22.7. The predicted molar refractivity (Wildman–Crippen MR) is 153 cm³/mol. The highest BCUT2D eigenvalue weighted by atomic mass is 15.3. The maximum absolute atomic E-state index is 9.15. The summed E-state index contributed by atoms with van der Waals surface area (Å²) >= 11 is 0. The van der Waals surface area contributed by atoms with E-state index in [1.165, 1.54) is 73.6 Å². The van der Waals surface area contributed by atoms with Gasteiger partial charge in [-0.1, -0.05) is 72.1 Å². The molecule has 0 atom stereocenters. The molecule has 0 unspecified atom stereocenters. The first kappa shape index (κ1) is 27.0. The summed E-state index contributed by atoms with van der Waals surface area (Å²) < 4.78 is 1.65. The van der Waals surface area contributed by atoms with E-state index in [1.807, 2.05) is 0 Å². The molecule has 0 amide bonds. The van der Waals surface area contributed by atoms with Crippen LogP contribution in [0.5, 0.6) is 0 Å². The van der Waals surface area contributed by atoms with Crippen molar-refractivity contribution in [2.75, 3.05) is 0 Å². The lowest BCUT2D eigenvalue weighted by Gasteiger charge is -2.13. The highest BCUT2D eigenvalue weighted by Gasteiger charge is 2.28. The maximum Gasteiger partial charge on any atom is 0.215 e. The zero-order chi connectivity index (χ0) is 25.2. The average Bonchev–Trinajstić information content (AvgIpc) is 3.17. The van der Waals surface area contributed by atoms with Gasteiger partial charge in [-0.25, -0.2) is 4.68 Å². The molecule has 1 aliphatic heterocycles. The molecule has 2 heteroatoms. The molecule has 2 aromatic carbocycles. The first-order chi connectivity index (χ1) is 17.0. The number of hydrogen-bond donors (Lipinski definition) is 0. The van der Waals surface area contributed by atoms with E-state index in [-0.39, 0.29) is 0 Å². The lowest BCUT2D eigenvalue weighted by molar-refractivity contribution is -0.347. The fraction of sp³-hybridized carbons (Fsp3) is 0.485. The Kier molecular flexibility index (Phi) is 10.4. The van der Waals surface area contributed by atoms with Crippen LogP contribution in [-0.2, 0) is 25.7 Å². The van der Waals surface area contributed by atoms with Gasteiger partial charge in [0.05, 0.1) is 0 Å². The molecule has 0 fully saturated rings. The largest absolute Gasteiger partial charge is 0.448 e. The minimum absolute atomic E-state index is 0.935. The van der Waals surface area contributed by atoms with Gasteiger partial charge in [-0.05, 0) is 97.9 Å². The van der Waals surface area contributed by atoms with Crippen molar-refractivity contribution < 1.29 is 4.68 Å². The van der Waals surface area contributed by atoms with Gasteiger partial charge in [0.15, 0.2) is 0 Å². The van der Waals surface area contributed by atoms with Gasteiger partial charge in [0.1, 0.15) is 0 Å². The summed E-state index contributed by atoms with van der Waals surface area (Å²) in [7, 11) is 0. The molecule has 0 spiro atoms. The number of benzene rings is 2. The molecule has 3 rings (SSSR count). The lowest BCUT2D eigenvalue weighted by Crippen LogP contribution is -2.12. The number of rotatable bonds is 14. The van der Waals surface area contributed by atoms with E-state index in [1.54, 1.807) is 4.68 Å². The first-order valence-electron chi connectivity index (χ1n) is 14.1. The van der Waals surface area contributed by atoms with Crippen molar-refractivity contribution in [1.82, 2.24) is 0 Å². The number of allylic oxidation sites excluding steroid dienone is 2. The molecule has 2 aromatic rings. The molecule has 0 bridgehead atoms. The number of aryl methyl sites for hydroxylation is 4. The van der Waals surface area contributed by atoms with Gasteiger partial charge in [0, 0.05) is 22.8 Å². The average molecular weight is 471 g/mol. The minimum atomic E-state index is 0.935. The molecule has 1 aliphatic rings. The van der Waals surface area contributed by atoms with Crippen LogP contribution in [0.4, 0.5) is 0 Å². The van der Waals surface area contributed by atoms with Gasteiger partial charge in [0.2, 0.25) is 11.4 Å². The SMILES string of the molecule is C=C1C=C(c2cc(CCCC)cc(CCCC)c2)[N+]([NH-])=C1c1cc(CCCC)cc(CCCC)c1. The zero-order valence-corrected chi connectivity index (χ0v) is 22.7. The molecule has 1 N–H and O–H groups in total. The van der Waals surface area contributed by atoms with Crippen molar-refractivity contribution in [3.05, 3.63) is 93.8 Å². The standard InChI is InChI=1S/C33H46N2/c1-6-10-14-26-19-27(15-11-7-2)22-30(21-26)32-18-25(5)33(35(32)34)31-23-28(16-12-8-3)20-29(24-31)17-13-9-4/h18-24,34H,5-17H2,1-4H3. The third kappa shape index (κ3) is 7.19. The molecule has 0 radical (unpaired) electrons. The van der Waals surface area contributed by atoms with Gasteiger partial charge in [-0.2, -0.15) is 0 Å². The van der Waals surface area contributed by atoms with Crippen molar-refractivity contribution in [2.24, 2.45) is 0 Å². The van der Waals surface area contributed by atoms with Crippen molar-refractivity contribution in [1.29, 1.82) is 0 Å². The minimum Gasteiger partial charge on any atom is -0.448 e. The van der Waals surface area contributed by atoms with Crippen LogP contribution in [-0.4, -0.2) is 10.4 Å². The Bertz CT molecular complexity index is 1020. The van der Waals surface area contributed by atoms with E-state index in [0.717, 1.165) is 53.8 Å². The topological polar surface area (TPSA) is 26.8 Å². The number of nitrogens with zero attached hydrogens (tertiary/aromatic N) is 1. The Morgan fingerprint density at radius 2 is 0.971 bits per heavy atom. The van der Waals surface area contributed by atoms with Gasteiger partial charge in [0.25, 0.3) is 0 Å². The molecular weight excluding hydrogens is 424 g/mol. The summed E-state index contributed by atoms with van der Waals surface area (Å²) in [5.41, 5.74) is 10.7. The predicted octanol–water partition coefficient (Wildman–Crippen LogP) is 9.44. The molecule has 35 heavy (non-hydrogen) atoms. The molecule has 2 nitrogen and oxygen atoms in total. The Balaban J connectivity index is 2.02. The quantitative estimate of drug-likeness (QED) is 0.246. The van der Waals surface area contributed by atoms with Crippen LogP contribution < -0.4 is 0 Å². The molecule has 0 aliphatic carbocycles. The molecule has 0 saturated carbocycles. The molecule has 1 heterocycles. The van der Waals surface area contributed by atoms with Crippen LogP contribution in [0.25, 0.3) is 11.5 Å². The summed E-state index contributed by atoms with van der Waals surface area (Å²) in [5, 5.41) is 0. The van der Waals surface area contributed by atoms with E-state index in [9.17, 15) is 0 Å². The lowest BCUT2D eigenvalue weighted by atomic mass is 9.95. The number of hydrogen-bond acceptors (Lipinski definition) is 0. The summed E-state index contributed by atoms with van der Waals surface area (Å²) in [6.45, 7) is 13.4. The van der Waals surface area contributed by atoms with Gasteiger partial charge in [-0.15, -0.1) is 0 Å². The monoisotopic (exact) mass is 470 g/mol. The van der Waals surface area contributed by atoms with Gasteiger partial charge < -0.3 is 5.84 Å². The summed E-state index contributed by atoms with van der Waals surface area (Å²) in [6.07, 6.45) is 16.1. The van der Waals surface area contributed by atoms with Crippen molar-refractivity contribution in [2.45, 2.75) is 105 Å². The molecular formula is C33H46N2. The van der Waals surface area contributed by atoms with Crippen LogP contribution in [0.2, 0.25) is 0 Å². The summed E-state index contributed by atoms with van der Waals surface area (Å²) in [5.74, 6) is 9.15. The highest BCUT2D eigenvalue weighted by Crippen LogP contribution is 2.30. The number of unbranched alkanes of at least 4 members (excludes halogenated alkanes) is 4. The van der Waals surface area contributed by atoms with Crippen LogP contribution in [0.15, 0.2) is 54.6 Å². The Hall–Kier alpha value is -2.61. The molecule has 0 aromatic heterocycles. The normalized spacial score (nSPS) is 13.6. The fourth-order valence-corrected chi connectivity index (χ4v) is 5.00. The molecule has 0 saturated heterocycles. The smallest absolute Gasteiger partial charge is 0.215 e. The van der Waals surface area contributed by atoms with Crippen molar-refractivity contribution in [3.63, 3.8) is 0 Å². The van der Waals surface area contributed by atoms with Crippen LogP contribution >= 0.6 is 0 Å². The van der Waals surface area contributed by atoms with E-state index >= 15 is 0 Å². The summed E-state index contributed by atoms with van der Waals surface area (Å²) in [6, 6.07) is 14.0. The van der Waals surface area contributed by atoms with Crippen LogP contribution in [0.1, 0.15) is 112 Å². The fourth-order valence-electron chi connectivity index (χ4n) is 5.00. The maximum atomic E-state index is 9.15. The summed E-state index contributed by atoms with van der Waals surface area (Å²) in [4.78, 5) is 0. The van der Waals surface area contributed by atoms with E-state index in [4.69, 9.17) is 5.84 Å². The second kappa shape index (κ2) is 13.5.